The van der Waals surface area contributed by atoms with Crippen molar-refractivity contribution in [1.29, 1.82) is 0 Å². The largest absolute Gasteiger partial charge is 0.316 e. The Morgan fingerprint density at radius 1 is 1.30 bits per heavy atom. The average Bonchev–Trinajstić information content (AvgIpc) is 2.44. The molecule has 20 heavy (non-hydrogen) atoms. The predicted molar refractivity (Wildman–Crippen MR) is 90.2 cm³/mol. The molecule has 0 saturated carbocycles. The van der Waals surface area contributed by atoms with Crippen LogP contribution >= 0.6 is 0 Å². The molecule has 2 nitrogen and oxygen atoms in total. The molecular weight excluding hydrogens is 244 g/mol. The van der Waals surface area contributed by atoms with Gasteiger partial charge in [0.05, 0.1) is 0 Å². The lowest BCUT2D eigenvalue weighted by Gasteiger charge is -2.29. The summed E-state index contributed by atoms with van der Waals surface area (Å²) in [4.78, 5) is 0. The smallest absolute Gasteiger partial charge is 0.000252 e. The van der Waals surface area contributed by atoms with Crippen LogP contribution in [0.4, 0.5) is 0 Å². The molecule has 0 aromatic rings. The van der Waals surface area contributed by atoms with Gasteiger partial charge in [-0.3, -0.25) is 0 Å². The molecule has 2 N–H and O–H groups in total. The topological polar surface area (TPSA) is 24.1 Å². The third-order valence-corrected chi connectivity index (χ3v) is 4.98. The van der Waals surface area contributed by atoms with Gasteiger partial charge in [0, 0.05) is 6.54 Å². The van der Waals surface area contributed by atoms with Crippen LogP contribution in [-0.4, -0.2) is 26.2 Å². The zero-order chi connectivity index (χ0) is 14.8. The molecule has 0 radical (unpaired) electrons. The highest BCUT2D eigenvalue weighted by Gasteiger charge is 2.20. The second-order valence-corrected chi connectivity index (χ2v) is 7.67. The van der Waals surface area contributed by atoms with E-state index in [1.165, 1.54) is 71.1 Å². The number of hydrogen-bond donors (Lipinski definition) is 2. The molecule has 0 spiro atoms. The summed E-state index contributed by atoms with van der Waals surface area (Å²) in [5.74, 6) is 1.77. The normalized spacial score (nSPS) is 21.9. The van der Waals surface area contributed by atoms with Crippen molar-refractivity contribution < 1.29 is 0 Å². The first kappa shape index (κ1) is 18.0. The van der Waals surface area contributed by atoms with Crippen LogP contribution in [0.3, 0.4) is 0 Å². The summed E-state index contributed by atoms with van der Waals surface area (Å²) in [6.45, 7) is 14.4. The SMILES string of the molecule is CCCCCC(C)(C)CNCCC(C)C1CCCNC1. The molecule has 2 atom stereocenters. The third kappa shape index (κ3) is 7.64. The zero-order valence-corrected chi connectivity index (χ0v) is 14.4. The molecule has 0 bridgehead atoms. The van der Waals surface area contributed by atoms with E-state index in [1.54, 1.807) is 0 Å². The summed E-state index contributed by atoms with van der Waals surface area (Å²) in [5.41, 5.74) is 0.463. The van der Waals surface area contributed by atoms with E-state index in [0.717, 1.165) is 11.8 Å². The van der Waals surface area contributed by atoms with Crippen molar-refractivity contribution in [2.45, 2.75) is 72.6 Å². The van der Waals surface area contributed by atoms with E-state index in [4.69, 9.17) is 0 Å². The van der Waals surface area contributed by atoms with Gasteiger partial charge >= 0.3 is 0 Å². The van der Waals surface area contributed by atoms with Crippen LogP contribution in [-0.2, 0) is 0 Å². The molecule has 0 aliphatic carbocycles. The molecule has 0 amide bonds. The van der Waals surface area contributed by atoms with Crippen LogP contribution in [0, 0.1) is 17.3 Å². The van der Waals surface area contributed by atoms with E-state index in [1.807, 2.05) is 0 Å². The molecule has 1 heterocycles. The predicted octanol–water partition coefficient (Wildman–Crippen LogP) is 4.21. The lowest BCUT2D eigenvalue weighted by atomic mass is 9.85. The van der Waals surface area contributed by atoms with Crippen molar-refractivity contribution in [3.63, 3.8) is 0 Å². The highest BCUT2D eigenvalue weighted by atomic mass is 14.9. The van der Waals surface area contributed by atoms with Gasteiger partial charge in [-0.15, -0.1) is 0 Å². The standard InChI is InChI=1S/C18H38N2/c1-5-6-7-11-18(3,4)15-20-13-10-16(2)17-9-8-12-19-14-17/h16-17,19-20H,5-15H2,1-4H3. The van der Waals surface area contributed by atoms with E-state index < -0.39 is 0 Å². The second kappa shape index (κ2) is 9.78. The van der Waals surface area contributed by atoms with Gasteiger partial charge < -0.3 is 10.6 Å². The molecule has 1 rings (SSSR count). The van der Waals surface area contributed by atoms with Gasteiger partial charge in [-0.1, -0.05) is 47.0 Å². The molecule has 2 unspecified atom stereocenters. The summed E-state index contributed by atoms with van der Waals surface area (Å²) in [7, 11) is 0. The first-order valence-electron chi connectivity index (χ1n) is 8.96. The van der Waals surface area contributed by atoms with Crippen LogP contribution in [0.2, 0.25) is 0 Å². The number of rotatable bonds is 10. The Balaban J connectivity index is 2.07. The van der Waals surface area contributed by atoms with E-state index in [2.05, 4.69) is 38.3 Å². The number of hydrogen-bond acceptors (Lipinski definition) is 2. The molecular formula is C18H38N2. The van der Waals surface area contributed by atoms with Crippen LogP contribution in [0.1, 0.15) is 72.6 Å². The van der Waals surface area contributed by atoms with Gasteiger partial charge in [0.1, 0.15) is 0 Å². The minimum Gasteiger partial charge on any atom is -0.316 e. The minimum absolute atomic E-state index is 0.463. The van der Waals surface area contributed by atoms with E-state index in [0.29, 0.717) is 5.41 Å². The zero-order valence-electron chi connectivity index (χ0n) is 14.4. The van der Waals surface area contributed by atoms with Crippen LogP contribution in [0.25, 0.3) is 0 Å². The molecule has 120 valence electrons. The van der Waals surface area contributed by atoms with Gasteiger partial charge in [0.15, 0.2) is 0 Å². The lowest BCUT2D eigenvalue weighted by molar-refractivity contribution is 0.256. The number of nitrogens with one attached hydrogen (secondary N) is 2. The Bertz CT molecular complexity index is 232. The number of piperidine rings is 1. The molecule has 1 saturated heterocycles. The van der Waals surface area contributed by atoms with Gasteiger partial charge in [-0.25, -0.2) is 0 Å². The average molecular weight is 283 g/mol. The van der Waals surface area contributed by atoms with Crippen LogP contribution < -0.4 is 10.6 Å². The summed E-state index contributed by atoms with van der Waals surface area (Å²) in [5, 5.41) is 7.24. The summed E-state index contributed by atoms with van der Waals surface area (Å²) in [6.07, 6.45) is 9.58. The molecule has 1 aliphatic rings. The van der Waals surface area contributed by atoms with E-state index >= 15 is 0 Å². The van der Waals surface area contributed by atoms with Crippen LogP contribution in [0.5, 0.6) is 0 Å². The fourth-order valence-electron chi connectivity index (χ4n) is 3.30. The molecule has 0 aromatic heterocycles. The molecule has 0 aromatic carbocycles. The maximum atomic E-state index is 3.70. The van der Waals surface area contributed by atoms with Crippen molar-refractivity contribution in [2.75, 3.05) is 26.2 Å². The van der Waals surface area contributed by atoms with E-state index in [-0.39, 0.29) is 0 Å². The van der Waals surface area contributed by atoms with Gasteiger partial charge in [-0.05, 0) is 62.6 Å². The van der Waals surface area contributed by atoms with Gasteiger partial charge in [0.25, 0.3) is 0 Å². The van der Waals surface area contributed by atoms with E-state index in [9.17, 15) is 0 Å². The summed E-state index contributed by atoms with van der Waals surface area (Å²) < 4.78 is 0. The maximum absolute atomic E-state index is 3.70. The quantitative estimate of drug-likeness (QED) is 0.587. The van der Waals surface area contributed by atoms with Crippen molar-refractivity contribution in [2.24, 2.45) is 17.3 Å². The van der Waals surface area contributed by atoms with Crippen molar-refractivity contribution >= 4 is 0 Å². The Morgan fingerprint density at radius 2 is 2.10 bits per heavy atom. The lowest BCUT2D eigenvalue weighted by Crippen LogP contribution is -2.35. The van der Waals surface area contributed by atoms with Crippen LogP contribution in [0.15, 0.2) is 0 Å². The van der Waals surface area contributed by atoms with Gasteiger partial charge in [0.2, 0.25) is 0 Å². The Labute approximate surface area is 127 Å². The summed E-state index contributed by atoms with van der Waals surface area (Å²) >= 11 is 0. The van der Waals surface area contributed by atoms with Crippen molar-refractivity contribution in [3.8, 4) is 0 Å². The minimum atomic E-state index is 0.463. The Hall–Kier alpha value is -0.0800. The third-order valence-electron chi connectivity index (χ3n) is 4.98. The Kier molecular flexibility index (Phi) is 8.79. The monoisotopic (exact) mass is 282 g/mol. The summed E-state index contributed by atoms with van der Waals surface area (Å²) in [6, 6.07) is 0. The molecule has 2 heteroatoms. The van der Waals surface area contributed by atoms with Crippen molar-refractivity contribution in [1.82, 2.24) is 10.6 Å². The highest BCUT2D eigenvalue weighted by molar-refractivity contribution is 4.76. The highest BCUT2D eigenvalue weighted by Crippen LogP contribution is 2.24. The maximum Gasteiger partial charge on any atom is 0.000252 e. The number of unbranched alkanes of at least 4 members (excludes halogenated alkanes) is 2. The van der Waals surface area contributed by atoms with Gasteiger partial charge in [-0.2, -0.15) is 0 Å². The molecule has 1 fully saturated rings. The first-order chi connectivity index (χ1) is 9.55. The first-order valence-corrected chi connectivity index (χ1v) is 8.96. The molecule has 1 aliphatic heterocycles. The fraction of sp³-hybridized carbons (Fsp3) is 1.00. The second-order valence-electron chi connectivity index (χ2n) is 7.67. The Morgan fingerprint density at radius 3 is 2.75 bits per heavy atom. The van der Waals surface area contributed by atoms with Crippen molar-refractivity contribution in [3.05, 3.63) is 0 Å². The fourth-order valence-corrected chi connectivity index (χ4v) is 3.30.